The van der Waals surface area contributed by atoms with Crippen molar-refractivity contribution in [1.82, 2.24) is 15.0 Å². The quantitative estimate of drug-likeness (QED) is 0.185. The first-order chi connectivity index (χ1) is 15.9. The third-order valence-electron chi connectivity index (χ3n) is 4.80. The summed E-state index contributed by atoms with van der Waals surface area (Å²) in [6.45, 7) is 1.69. The van der Waals surface area contributed by atoms with Gasteiger partial charge in [-0.25, -0.2) is 10.4 Å². The van der Waals surface area contributed by atoms with Crippen LogP contribution in [0.25, 0.3) is 16.6 Å². The van der Waals surface area contributed by atoms with E-state index in [9.17, 15) is 14.7 Å². The number of amides is 1. The highest BCUT2D eigenvalue weighted by Crippen LogP contribution is 2.22. The summed E-state index contributed by atoms with van der Waals surface area (Å²) >= 11 is 7.12. The van der Waals surface area contributed by atoms with Gasteiger partial charge in [-0.15, -0.1) is 0 Å². The number of rotatable bonds is 6. The molecular weight excluding hydrogens is 460 g/mol. The molecule has 0 aliphatic carbocycles. The third-order valence-corrected chi connectivity index (χ3v) is 5.99. The first kappa shape index (κ1) is 22.6. The lowest BCUT2D eigenvalue weighted by Gasteiger charge is -2.13. The van der Waals surface area contributed by atoms with Crippen LogP contribution in [0, 0.1) is 0 Å². The largest absolute Gasteiger partial charge is 0.507 e. The Morgan fingerprint density at radius 2 is 1.79 bits per heavy atom. The molecular formula is C24H19ClN4O3S. The van der Waals surface area contributed by atoms with Crippen molar-refractivity contribution in [3.8, 4) is 11.4 Å². The number of fused-ring (bicyclic) bond motifs is 1. The molecule has 2 N–H and O–H groups in total. The van der Waals surface area contributed by atoms with Crippen LogP contribution in [0.5, 0.6) is 5.75 Å². The maximum absolute atomic E-state index is 13.2. The van der Waals surface area contributed by atoms with Gasteiger partial charge in [0, 0.05) is 10.6 Å². The van der Waals surface area contributed by atoms with Crippen LogP contribution < -0.4 is 11.0 Å². The van der Waals surface area contributed by atoms with Gasteiger partial charge in [-0.1, -0.05) is 47.6 Å². The van der Waals surface area contributed by atoms with Crippen molar-refractivity contribution in [2.75, 3.05) is 5.75 Å². The van der Waals surface area contributed by atoms with Crippen LogP contribution in [0.15, 0.2) is 87.8 Å². The molecule has 0 saturated carbocycles. The van der Waals surface area contributed by atoms with Gasteiger partial charge >= 0.3 is 0 Å². The SMILES string of the molecule is C/C(=N\NC(=O)CSc1nc2ccccc2c(=O)n1-c1ccc(Cl)cc1)c1ccccc1O. The molecule has 1 aromatic heterocycles. The summed E-state index contributed by atoms with van der Waals surface area (Å²) in [6, 6.07) is 20.6. The molecule has 1 heterocycles. The maximum atomic E-state index is 13.2. The van der Waals surface area contributed by atoms with Gasteiger partial charge in [-0.2, -0.15) is 5.10 Å². The number of thioether (sulfide) groups is 1. The van der Waals surface area contributed by atoms with Crippen molar-refractivity contribution >= 4 is 45.9 Å². The predicted octanol–water partition coefficient (Wildman–Crippen LogP) is 4.38. The number of nitrogens with one attached hydrogen (secondary N) is 1. The van der Waals surface area contributed by atoms with Crippen LogP contribution in [0.3, 0.4) is 0 Å². The van der Waals surface area contributed by atoms with E-state index in [-0.39, 0.29) is 23.0 Å². The van der Waals surface area contributed by atoms with Crippen molar-refractivity contribution in [2.24, 2.45) is 5.10 Å². The molecule has 0 radical (unpaired) electrons. The number of aromatic nitrogens is 2. The molecule has 0 bridgehead atoms. The molecule has 1 amide bonds. The fourth-order valence-electron chi connectivity index (χ4n) is 3.18. The van der Waals surface area contributed by atoms with Gasteiger partial charge in [-0.05, 0) is 55.5 Å². The van der Waals surface area contributed by atoms with E-state index in [4.69, 9.17) is 11.6 Å². The summed E-state index contributed by atoms with van der Waals surface area (Å²) in [5, 5.41) is 15.4. The lowest BCUT2D eigenvalue weighted by Crippen LogP contribution is -2.24. The maximum Gasteiger partial charge on any atom is 0.266 e. The van der Waals surface area contributed by atoms with E-state index in [0.29, 0.717) is 38.0 Å². The second-order valence-electron chi connectivity index (χ2n) is 7.07. The van der Waals surface area contributed by atoms with Crippen molar-refractivity contribution in [2.45, 2.75) is 12.1 Å². The molecule has 0 saturated heterocycles. The van der Waals surface area contributed by atoms with Crippen molar-refractivity contribution in [1.29, 1.82) is 0 Å². The molecule has 0 fully saturated rings. The molecule has 3 aromatic carbocycles. The molecule has 33 heavy (non-hydrogen) atoms. The minimum absolute atomic E-state index is 0.0179. The van der Waals surface area contributed by atoms with Gasteiger partial charge in [0.25, 0.3) is 11.5 Å². The number of para-hydroxylation sites is 2. The van der Waals surface area contributed by atoms with E-state index in [1.54, 1.807) is 79.7 Å². The van der Waals surface area contributed by atoms with Gasteiger partial charge in [0.2, 0.25) is 0 Å². The second-order valence-corrected chi connectivity index (χ2v) is 8.45. The van der Waals surface area contributed by atoms with Crippen LogP contribution in [0.2, 0.25) is 5.02 Å². The molecule has 0 unspecified atom stereocenters. The number of aromatic hydroxyl groups is 1. The number of nitrogens with zero attached hydrogens (tertiary/aromatic N) is 3. The molecule has 0 aliphatic rings. The lowest BCUT2D eigenvalue weighted by atomic mass is 10.1. The van der Waals surface area contributed by atoms with Crippen LogP contribution >= 0.6 is 23.4 Å². The molecule has 7 nitrogen and oxygen atoms in total. The van der Waals surface area contributed by atoms with Crippen LogP contribution in [0.4, 0.5) is 0 Å². The number of hydrogen-bond acceptors (Lipinski definition) is 6. The number of hydrazone groups is 1. The molecule has 4 aromatic rings. The summed E-state index contributed by atoms with van der Waals surface area (Å²) in [5.74, 6) is -0.315. The predicted molar refractivity (Wildman–Crippen MR) is 132 cm³/mol. The van der Waals surface area contributed by atoms with Crippen LogP contribution in [-0.2, 0) is 4.79 Å². The average Bonchev–Trinajstić information content (AvgIpc) is 2.82. The Hall–Kier alpha value is -3.62. The highest BCUT2D eigenvalue weighted by atomic mass is 35.5. The van der Waals surface area contributed by atoms with Gasteiger partial charge < -0.3 is 5.11 Å². The summed E-state index contributed by atoms with van der Waals surface area (Å²) in [5.41, 5.74) is 4.38. The first-order valence-electron chi connectivity index (χ1n) is 9.96. The first-order valence-corrected chi connectivity index (χ1v) is 11.3. The average molecular weight is 479 g/mol. The normalized spacial score (nSPS) is 11.5. The fraction of sp³-hybridized carbons (Fsp3) is 0.0833. The summed E-state index contributed by atoms with van der Waals surface area (Å²) in [4.78, 5) is 30.3. The number of halogens is 1. The highest BCUT2D eigenvalue weighted by Gasteiger charge is 2.15. The topological polar surface area (TPSA) is 96.6 Å². The van der Waals surface area contributed by atoms with Gasteiger partial charge in [0.05, 0.1) is 28.1 Å². The molecule has 4 rings (SSSR count). The van der Waals surface area contributed by atoms with Gasteiger partial charge in [0.1, 0.15) is 5.75 Å². The fourth-order valence-corrected chi connectivity index (χ4v) is 4.11. The summed E-state index contributed by atoms with van der Waals surface area (Å²) in [7, 11) is 0. The van der Waals surface area contributed by atoms with Crippen LogP contribution in [0.1, 0.15) is 12.5 Å². The Morgan fingerprint density at radius 3 is 2.55 bits per heavy atom. The minimum Gasteiger partial charge on any atom is -0.507 e. The molecule has 0 spiro atoms. The molecule has 0 aliphatic heterocycles. The number of carbonyl (C=O) groups is 1. The Kier molecular flexibility index (Phi) is 6.76. The Labute approximate surface area is 198 Å². The van der Waals surface area contributed by atoms with E-state index < -0.39 is 0 Å². The van der Waals surface area contributed by atoms with Gasteiger partial charge in [-0.3, -0.25) is 14.2 Å². The van der Waals surface area contributed by atoms with Gasteiger partial charge in [0.15, 0.2) is 5.16 Å². The summed E-state index contributed by atoms with van der Waals surface area (Å²) < 4.78 is 1.47. The Morgan fingerprint density at radius 1 is 1.09 bits per heavy atom. The minimum atomic E-state index is -0.375. The van der Waals surface area contributed by atoms with E-state index in [1.807, 2.05) is 0 Å². The van der Waals surface area contributed by atoms with E-state index in [1.165, 1.54) is 4.57 Å². The number of hydrogen-bond donors (Lipinski definition) is 2. The van der Waals surface area contributed by atoms with Crippen molar-refractivity contribution < 1.29 is 9.90 Å². The number of phenolic OH excluding ortho intramolecular Hbond substituents is 1. The number of carbonyl (C=O) groups excluding carboxylic acids is 1. The Balaban J connectivity index is 1.59. The summed E-state index contributed by atoms with van der Waals surface area (Å²) in [6.07, 6.45) is 0. The molecule has 166 valence electrons. The smallest absolute Gasteiger partial charge is 0.266 e. The molecule has 9 heteroatoms. The highest BCUT2D eigenvalue weighted by molar-refractivity contribution is 7.99. The van der Waals surface area contributed by atoms with E-state index >= 15 is 0 Å². The standard InChI is InChI=1S/C24H19ClN4O3S/c1-15(18-6-3-5-9-21(18)30)27-28-22(31)14-33-24-26-20-8-4-2-7-19(20)23(32)29(24)17-12-10-16(25)11-13-17/h2-13,30H,14H2,1H3,(H,28,31)/b27-15+. The van der Waals surface area contributed by atoms with Crippen molar-refractivity contribution in [3.63, 3.8) is 0 Å². The zero-order chi connectivity index (χ0) is 23.4. The second kappa shape index (κ2) is 9.89. The number of benzene rings is 3. The van der Waals surface area contributed by atoms with Crippen molar-refractivity contribution in [3.05, 3.63) is 93.7 Å². The lowest BCUT2D eigenvalue weighted by molar-refractivity contribution is -0.118. The third kappa shape index (κ3) is 5.08. The monoisotopic (exact) mass is 478 g/mol. The molecule has 0 atom stereocenters. The number of phenols is 1. The Bertz CT molecular complexity index is 1420. The van der Waals surface area contributed by atoms with E-state index in [0.717, 1.165) is 11.8 Å². The zero-order valence-electron chi connectivity index (χ0n) is 17.5. The van der Waals surface area contributed by atoms with E-state index in [2.05, 4.69) is 15.5 Å². The zero-order valence-corrected chi connectivity index (χ0v) is 19.1. The van der Waals surface area contributed by atoms with Crippen LogP contribution in [-0.4, -0.2) is 32.0 Å².